The summed E-state index contributed by atoms with van der Waals surface area (Å²) in [5, 5.41) is 0. The van der Waals surface area contributed by atoms with Crippen LogP contribution in [0, 0.1) is 0 Å². The number of nitrogens with zero attached hydrogens (tertiary/aromatic N) is 6. The molecule has 0 bridgehead atoms. The number of anilines is 2. The van der Waals surface area contributed by atoms with Gasteiger partial charge in [-0.2, -0.15) is 4.98 Å². The molecular weight excluding hydrogens is 338 g/mol. The molecule has 3 aromatic heterocycles. The van der Waals surface area contributed by atoms with Gasteiger partial charge in [-0.1, -0.05) is 0 Å². The van der Waals surface area contributed by atoms with E-state index in [1.807, 2.05) is 17.0 Å². The zero-order chi connectivity index (χ0) is 17.2. The molecule has 0 aliphatic carbocycles. The van der Waals surface area contributed by atoms with Gasteiger partial charge < -0.3 is 15.5 Å². The molecule has 2 N–H and O–H groups in total. The Labute approximate surface area is 148 Å². The monoisotopic (exact) mass is 355 g/mol. The number of amides is 1. The zero-order valence-electron chi connectivity index (χ0n) is 13.5. The maximum Gasteiger partial charge on any atom is 0.227 e. The van der Waals surface area contributed by atoms with Crippen molar-refractivity contribution < 1.29 is 4.79 Å². The predicted molar refractivity (Wildman–Crippen MR) is 96.4 cm³/mol. The third kappa shape index (κ3) is 3.22. The number of fused-ring (bicyclic) bond motifs is 1. The van der Waals surface area contributed by atoms with Gasteiger partial charge in [-0.15, -0.1) is 11.3 Å². The Bertz CT molecular complexity index is 890. The van der Waals surface area contributed by atoms with Gasteiger partial charge in [0.2, 0.25) is 11.9 Å². The highest BCUT2D eigenvalue weighted by atomic mass is 32.1. The molecule has 3 aromatic rings. The number of hydrogen-bond acceptors (Lipinski definition) is 8. The summed E-state index contributed by atoms with van der Waals surface area (Å²) in [5.41, 5.74) is 9.31. The number of aromatic nitrogens is 4. The fourth-order valence-electron chi connectivity index (χ4n) is 2.94. The minimum atomic E-state index is 0.131. The van der Waals surface area contributed by atoms with Crippen LogP contribution in [0.1, 0.15) is 5.56 Å². The predicted octanol–water partition coefficient (Wildman–Crippen LogP) is 0.955. The first kappa shape index (κ1) is 15.7. The third-order valence-electron chi connectivity index (χ3n) is 4.23. The van der Waals surface area contributed by atoms with E-state index in [1.165, 1.54) is 11.3 Å². The molecule has 1 saturated heterocycles. The third-order valence-corrected chi connectivity index (χ3v) is 4.95. The number of thiazole rings is 1. The van der Waals surface area contributed by atoms with Crippen LogP contribution >= 0.6 is 11.3 Å². The van der Waals surface area contributed by atoms with Crippen LogP contribution in [0.15, 0.2) is 30.0 Å². The number of carbonyl (C=O) groups is 1. The van der Waals surface area contributed by atoms with Crippen molar-refractivity contribution >= 4 is 39.4 Å². The topological polar surface area (TPSA) is 101 Å². The Morgan fingerprint density at radius 1 is 1.16 bits per heavy atom. The van der Waals surface area contributed by atoms with Gasteiger partial charge in [-0.3, -0.25) is 9.78 Å². The summed E-state index contributed by atoms with van der Waals surface area (Å²) in [6, 6.07) is 3.74. The van der Waals surface area contributed by atoms with Crippen molar-refractivity contribution in [2.45, 2.75) is 6.42 Å². The van der Waals surface area contributed by atoms with Crippen molar-refractivity contribution in [3.05, 3.63) is 35.6 Å². The lowest BCUT2D eigenvalue weighted by Gasteiger charge is -2.35. The highest BCUT2D eigenvalue weighted by Crippen LogP contribution is 2.26. The van der Waals surface area contributed by atoms with Crippen LogP contribution in [-0.4, -0.2) is 56.9 Å². The molecule has 4 rings (SSSR count). The Morgan fingerprint density at radius 2 is 1.92 bits per heavy atom. The standard InChI is InChI=1S/C16H17N7OS/c17-16-20-14(13-15(21-16)25-10-19-13)23-7-5-22(6-8-23)12(24)9-11-1-3-18-4-2-11/h1-4,10H,5-9H2,(H2,17,20,21). The lowest BCUT2D eigenvalue weighted by molar-refractivity contribution is -0.130. The summed E-state index contributed by atoms with van der Waals surface area (Å²) in [4.78, 5) is 34.2. The molecule has 1 aliphatic rings. The molecule has 0 spiro atoms. The van der Waals surface area contributed by atoms with Crippen molar-refractivity contribution in [1.82, 2.24) is 24.8 Å². The summed E-state index contributed by atoms with van der Waals surface area (Å²) in [7, 11) is 0. The van der Waals surface area contributed by atoms with E-state index >= 15 is 0 Å². The molecule has 1 fully saturated rings. The summed E-state index contributed by atoms with van der Waals surface area (Å²) in [6.45, 7) is 2.70. The molecule has 1 aliphatic heterocycles. The molecule has 25 heavy (non-hydrogen) atoms. The second-order valence-corrected chi connectivity index (χ2v) is 6.64. The van der Waals surface area contributed by atoms with Gasteiger partial charge in [0.15, 0.2) is 10.6 Å². The SMILES string of the molecule is Nc1nc(N2CCN(C(=O)Cc3ccncc3)CC2)c2ncsc2n1. The largest absolute Gasteiger partial charge is 0.368 e. The maximum absolute atomic E-state index is 12.5. The summed E-state index contributed by atoms with van der Waals surface area (Å²) >= 11 is 1.45. The van der Waals surface area contributed by atoms with Crippen molar-refractivity contribution in [3.8, 4) is 0 Å². The Kier molecular flexibility index (Phi) is 4.14. The fourth-order valence-corrected chi connectivity index (χ4v) is 3.60. The molecule has 0 atom stereocenters. The lowest BCUT2D eigenvalue weighted by Crippen LogP contribution is -2.49. The summed E-state index contributed by atoms with van der Waals surface area (Å²) < 4.78 is 0. The van der Waals surface area contributed by atoms with E-state index in [9.17, 15) is 4.79 Å². The minimum absolute atomic E-state index is 0.131. The van der Waals surface area contributed by atoms with Crippen molar-refractivity contribution in [1.29, 1.82) is 0 Å². The van der Waals surface area contributed by atoms with Gasteiger partial charge in [-0.25, -0.2) is 9.97 Å². The quantitative estimate of drug-likeness (QED) is 0.746. The number of carbonyl (C=O) groups excluding carboxylic acids is 1. The highest BCUT2D eigenvalue weighted by Gasteiger charge is 2.24. The molecule has 1 amide bonds. The van der Waals surface area contributed by atoms with Gasteiger partial charge in [-0.05, 0) is 17.7 Å². The molecule has 0 unspecified atom stereocenters. The van der Waals surface area contributed by atoms with Crippen LogP contribution in [0.3, 0.4) is 0 Å². The molecule has 4 heterocycles. The lowest BCUT2D eigenvalue weighted by atomic mass is 10.1. The molecule has 0 radical (unpaired) electrons. The van der Waals surface area contributed by atoms with Crippen LogP contribution in [0.4, 0.5) is 11.8 Å². The molecule has 128 valence electrons. The number of piperazine rings is 1. The second kappa shape index (κ2) is 6.60. The fraction of sp³-hybridized carbons (Fsp3) is 0.312. The van der Waals surface area contributed by atoms with E-state index in [4.69, 9.17) is 5.73 Å². The number of pyridine rings is 1. The van der Waals surface area contributed by atoms with Crippen LogP contribution < -0.4 is 10.6 Å². The average Bonchev–Trinajstić information content (AvgIpc) is 3.10. The molecule has 9 heteroatoms. The van der Waals surface area contributed by atoms with E-state index in [-0.39, 0.29) is 11.9 Å². The van der Waals surface area contributed by atoms with Gasteiger partial charge in [0.05, 0.1) is 11.9 Å². The van der Waals surface area contributed by atoms with Crippen molar-refractivity contribution in [2.24, 2.45) is 0 Å². The maximum atomic E-state index is 12.5. The minimum Gasteiger partial charge on any atom is -0.368 e. The molecule has 8 nitrogen and oxygen atoms in total. The van der Waals surface area contributed by atoms with Gasteiger partial charge in [0, 0.05) is 38.6 Å². The van der Waals surface area contributed by atoms with Crippen molar-refractivity contribution in [3.63, 3.8) is 0 Å². The number of rotatable bonds is 3. The molecular formula is C16H17N7OS. The van der Waals surface area contributed by atoms with Gasteiger partial charge >= 0.3 is 0 Å². The first-order valence-electron chi connectivity index (χ1n) is 7.99. The first-order chi connectivity index (χ1) is 12.2. The zero-order valence-corrected chi connectivity index (χ0v) is 14.3. The smallest absolute Gasteiger partial charge is 0.227 e. The van der Waals surface area contributed by atoms with E-state index < -0.39 is 0 Å². The Balaban J connectivity index is 1.44. The number of nitrogen functional groups attached to an aromatic ring is 1. The van der Waals surface area contributed by atoms with Gasteiger partial charge in [0.25, 0.3) is 0 Å². The van der Waals surface area contributed by atoms with Gasteiger partial charge in [0.1, 0.15) is 5.52 Å². The summed E-state index contributed by atoms with van der Waals surface area (Å²) in [5.74, 6) is 1.14. The average molecular weight is 355 g/mol. The van der Waals surface area contributed by atoms with E-state index in [2.05, 4.69) is 24.8 Å². The number of hydrogen-bond donors (Lipinski definition) is 1. The number of nitrogens with two attached hydrogens (primary N) is 1. The normalized spacial score (nSPS) is 14.9. The van der Waals surface area contributed by atoms with Crippen LogP contribution in [0.2, 0.25) is 0 Å². The highest BCUT2D eigenvalue weighted by molar-refractivity contribution is 7.16. The van der Waals surface area contributed by atoms with Crippen molar-refractivity contribution in [2.75, 3.05) is 36.8 Å². The van der Waals surface area contributed by atoms with E-state index in [0.717, 1.165) is 21.7 Å². The van der Waals surface area contributed by atoms with Crippen LogP contribution in [0.5, 0.6) is 0 Å². The van der Waals surface area contributed by atoms with E-state index in [1.54, 1.807) is 17.9 Å². The second-order valence-electron chi connectivity index (χ2n) is 5.81. The van der Waals surface area contributed by atoms with E-state index in [0.29, 0.717) is 32.6 Å². The Morgan fingerprint density at radius 3 is 2.68 bits per heavy atom. The molecule has 0 saturated carbocycles. The summed E-state index contributed by atoms with van der Waals surface area (Å²) in [6.07, 6.45) is 3.82. The molecule has 0 aromatic carbocycles. The van der Waals surface area contributed by atoms with Crippen LogP contribution in [0.25, 0.3) is 10.3 Å². The Hall–Kier alpha value is -2.81. The first-order valence-corrected chi connectivity index (χ1v) is 8.87. The van der Waals surface area contributed by atoms with Crippen LogP contribution in [-0.2, 0) is 11.2 Å².